The van der Waals surface area contributed by atoms with Gasteiger partial charge in [-0.1, -0.05) is 66.7 Å². The Hall–Kier alpha value is -2.55. The van der Waals surface area contributed by atoms with Gasteiger partial charge in [-0.2, -0.15) is 0 Å². The Labute approximate surface area is 144 Å². The monoisotopic (exact) mass is 323 g/mol. The molecule has 0 aliphatic rings. The topological polar surface area (TPSA) is 38.3 Å². The van der Waals surface area contributed by atoms with Crippen LogP contribution in [-0.2, 0) is 11.2 Å². The highest BCUT2D eigenvalue weighted by Crippen LogP contribution is 2.11. The minimum atomic E-state index is -0.470. The first-order valence-electron chi connectivity index (χ1n) is 8.19. The maximum atomic E-state index is 11.5. The molecule has 0 spiro atoms. The fourth-order valence-electron chi connectivity index (χ4n) is 2.23. The van der Waals surface area contributed by atoms with Crippen molar-refractivity contribution in [2.75, 3.05) is 6.54 Å². The van der Waals surface area contributed by atoms with Gasteiger partial charge >= 0.3 is 6.09 Å². The Bertz CT molecular complexity index is 667. The van der Waals surface area contributed by atoms with Crippen LogP contribution in [0.15, 0.2) is 60.7 Å². The van der Waals surface area contributed by atoms with Crippen molar-refractivity contribution in [2.24, 2.45) is 0 Å². The Kier molecular flexibility index (Phi) is 6.19. The summed E-state index contributed by atoms with van der Waals surface area (Å²) in [6, 6.07) is 18.9. The summed E-state index contributed by atoms with van der Waals surface area (Å²) in [4.78, 5) is 11.5. The molecule has 1 N–H and O–H groups in total. The predicted octanol–water partition coefficient (Wildman–Crippen LogP) is 4.82. The number of rotatable bonds is 5. The predicted molar refractivity (Wildman–Crippen MR) is 99.0 cm³/mol. The van der Waals surface area contributed by atoms with Crippen LogP contribution < -0.4 is 5.32 Å². The van der Waals surface area contributed by atoms with Gasteiger partial charge in [-0.25, -0.2) is 4.79 Å². The summed E-state index contributed by atoms with van der Waals surface area (Å²) in [5.41, 5.74) is 3.23. The van der Waals surface area contributed by atoms with Crippen LogP contribution in [0.2, 0.25) is 0 Å². The van der Waals surface area contributed by atoms with E-state index in [9.17, 15) is 4.79 Å². The molecule has 126 valence electrons. The number of ether oxygens (including phenoxy) is 1. The summed E-state index contributed by atoms with van der Waals surface area (Å²) in [6.45, 7) is 5.99. The van der Waals surface area contributed by atoms with Gasteiger partial charge in [0, 0.05) is 6.54 Å². The number of carbonyl (C=O) groups is 1. The van der Waals surface area contributed by atoms with E-state index in [-0.39, 0.29) is 0 Å². The summed E-state index contributed by atoms with van der Waals surface area (Å²) in [5, 5.41) is 2.71. The molecule has 2 aromatic rings. The van der Waals surface area contributed by atoms with Crippen molar-refractivity contribution in [1.82, 2.24) is 5.32 Å². The van der Waals surface area contributed by atoms with Crippen LogP contribution in [0.3, 0.4) is 0 Å². The number of hydrogen-bond acceptors (Lipinski definition) is 2. The van der Waals surface area contributed by atoms with Gasteiger partial charge in [0.1, 0.15) is 5.60 Å². The van der Waals surface area contributed by atoms with Crippen molar-refractivity contribution < 1.29 is 9.53 Å². The highest BCUT2D eigenvalue weighted by atomic mass is 16.6. The molecule has 3 heteroatoms. The SMILES string of the molecule is CC(C)(C)OC(=O)NCC=Cc1ccc(Cc2ccccc2)cc1. The molecule has 0 saturated carbocycles. The first kappa shape index (κ1) is 17.8. The van der Waals surface area contributed by atoms with Crippen LogP contribution in [0, 0.1) is 0 Å². The zero-order valence-corrected chi connectivity index (χ0v) is 14.6. The second kappa shape index (κ2) is 8.34. The van der Waals surface area contributed by atoms with Gasteiger partial charge in [0.15, 0.2) is 0 Å². The maximum absolute atomic E-state index is 11.5. The number of benzene rings is 2. The molecule has 0 atom stereocenters. The van der Waals surface area contributed by atoms with Crippen LogP contribution in [0.25, 0.3) is 6.08 Å². The van der Waals surface area contributed by atoms with E-state index in [1.807, 2.05) is 39.0 Å². The van der Waals surface area contributed by atoms with Gasteiger partial charge in [-0.15, -0.1) is 0 Å². The summed E-state index contributed by atoms with van der Waals surface area (Å²) in [7, 11) is 0. The molecular formula is C21H25NO2. The fraction of sp³-hybridized carbons (Fsp3) is 0.286. The molecule has 0 bridgehead atoms. The Balaban J connectivity index is 1.80. The van der Waals surface area contributed by atoms with Crippen molar-refractivity contribution in [2.45, 2.75) is 32.8 Å². The number of alkyl carbamates (subject to hydrolysis) is 1. The molecule has 0 aliphatic heterocycles. The summed E-state index contributed by atoms with van der Waals surface area (Å²) in [5.74, 6) is 0. The zero-order chi connectivity index (χ0) is 17.4. The molecule has 0 heterocycles. The lowest BCUT2D eigenvalue weighted by atomic mass is 10.0. The van der Waals surface area contributed by atoms with Crippen LogP contribution in [0.1, 0.15) is 37.5 Å². The molecular weight excluding hydrogens is 298 g/mol. The molecule has 3 nitrogen and oxygen atoms in total. The lowest BCUT2D eigenvalue weighted by molar-refractivity contribution is 0.0534. The summed E-state index contributed by atoms with van der Waals surface area (Å²) < 4.78 is 5.18. The van der Waals surface area contributed by atoms with E-state index in [0.29, 0.717) is 6.54 Å². The summed E-state index contributed by atoms with van der Waals surface area (Å²) >= 11 is 0. The normalized spacial score (nSPS) is 11.5. The Morgan fingerprint density at radius 1 is 1.00 bits per heavy atom. The van der Waals surface area contributed by atoms with E-state index in [4.69, 9.17) is 4.74 Å². The maximum Gasteiger partial charge on any atom is 0.407 e. The molecule has 0 fully saturated rings. The van der Waals surface area contributed by atoms with E-state index in [1.165, 1.54) is 11.1 Å². The van der Waals surface area contributed by atoms with E-state index in [2.05, 4.69) is 53.8 Å². The molecule has 0 aliphatic carbocycles. The Morgan fingerprint density at radius 2 is 1.62 bits per heavy atom. The molecule has 1 amide bonds. The molecule has 0 radical (unpaired) electrons. The second-order valence-electron chi connectivity index (χ2n) is 6.69. The van der Waals surface area contributed by atoms with Crippen molar-refractivity contribution in [3.8, 4) is 0 Å². The van der Waals surface area contributed by atoms with E-state index in [0.717, 1.165) is 12.0 Å². The first-order valence-corrected chi connectivity index (χ1v) is 8.19. The number of nitrogens with one attached hydrogen (secondary N) is 1. The molecule has 2 rings (SSSR count). The largest absolute Gasteiger partial charge is 0.444 e. The van der Waals surface area contributed by atoms with Crippen LogP contribution in [-0.4, -0.2) is 18.2 Å². The average molecular weight is 323 g/mol. The smallest absolute Gasteiger partial charge is 0.407 e. The van der Waals surface area contributed by atoms with E-state index < -0.39 is 11.7 Å². The van der Waals surface area contributed by atoms with Gasteiger partial charge in [0.25, 0.3) is 0 Å². The molecule has 0 unspecified atom stereocenters. The molecule has 24 heavy (non-hydrogen) atoms. The number of hydrogen-bond donors (Lipinski definition) is 1. The molecule has 2 aromatic carbocycles. The minimum Gasteiger partial charge on any atom is -0.444 e. The highest BCUT2D eigenvalue weighted by Gasteiger charge is 2.14. The van der Waals surface area contributed by atoms with Crippen LogP contribution in [0.5, 0.6) is 0 Å². The van der Waals surface area contributed by atoms with Gasteiger partial charge < -0.3 is 10.1 Å². The zero-order valence-electron chi connectivity index (χ0n) is 14.6. The Morgan fingerprint density at radius 3 is 2.25 bits per heavy atom. The van der Waals surface area contributed by atoms with Crippen molar-refractivity contribution >= 4 is 12.2 Å². The lowest BCUT2D eigenvalue weighted by Crippen LogP contribution is -2.32. The quantitative estimate of drug-likeness (QED) is 0.857. The number of carbonyl (C=O) groups excluding carboxylic acids is 1. The van der Waals surface area contributed by atoms with Crippen molar-refractivity contribution in [3.05, 3.63) is 77.4 Å². The van der Waals surface area contributed by atoms with Gasteiger partial charge in [0.05, 0.1) is 0 Å². The van der Waals surface area contributed by atoms with Crippen LogP contribution >= 0.6 is 0 Å². The first-order chi connectivity index (χ1) is 11.4. The van der Waals surface area contributed by atoms with Crippen molar-refractivity contribution in [3.63, 3.8) is 0 Å². The average Bonchev–Trinajstić information content (AvgIpc) is 2.52. The third-order valence-corrected chi connectivity index (χ3v) is 3.30. The molecule has 0 saturated heterocycles. The van der Waals surface area contributed by atoms with Crippen LogP contribution in [0.4, 0.5) is 4.79 Å². The van der Waals surface area contributed by atoms with Gasteiger partial charge in [0.2, 0.25) is 0 Å². The minimum absolute atomic E-state index is 0.398. The fourth-order valence-corrected chi connectivity index (χ4v) is 2.23. The number of amides is 1. The summed E-state index contributed by atoms with van der Waals surface area (Å²) in [6.07, 6.45) is 4.44. The third-order valence-electron chi connectivity index (χ3n) is 3.30. The van der Waals surface area contributed by atoms with E-state index in [1.54, 1.807) is 0 Å². The third kappa shape index (κ3) is 6.69. The van der Waals surface area contributed by atoms with Crippen molar-refractivity contribution in [1.29, 1.82) is 0 Å². The highest BCUT2D eigenvalue weighted by molar-refractivity contribution is 5.68. The van der Waals surface area contributed by atoms with Gasteiger partial charge in [-0.05, 0) is 43.9 Å². The van der Waals surface area contributed by atoms with E-state index >= 15 is 0 Å². The lowest BCUT2D eigenvalue weighted by Gasteiger charge is -2.19. The van der Waals surface area contributed by atoms with Gasteiger partial charge in [-0.3, -0.25) is 0 Å². The standard InChI is InChI=1S/C21H25NO2/c1-21(2,3)24-20(23)22-15-7-10-17-11-13-19(14-12-17)16-18-8-5-4-6-9-18/h4-14H,15-16H2,1-3H3,(H,22,23). The molecule has 0 aromatic heterocycles. The second-order valence-corrected chi connectivity index (χ2v) is 6.69.